The Morgan fingerprint density at radius 2 is 2.04 bits per heavy atom. The number of rotatable bonds is 9. The summed E-state index contributed by atoms with van der Waals surface area (Å²) in [4.78, 5) is 5.92. The van der Waals surface area contributed by atoms with Crippen LogP contribution in [0.15, 0.2) is 22.5 Å². The minimum Gasteiger partial charge on any atom is -0.385 e. The molecule has 0 amide bonds. The van der Waals surface area contributed by atoms with E-state index >= 15 is 0 Å². The number of ether oxygens (including phenoxy) is 1. The lowest BCUT2D eigenvalue weighted by Crippen LogP contribution is -2.46. The van der Waals surface area contributed by atoms with Crippen LogP contribution < -0.4 is 10.6 Å². The lowest BCUT2D eigenvalue weighted by atomic mass is 9.73. The maximum absolute atomic E-state index is 5.09. The molecule has 0 unspecified atom stereocenters. The molecule has 1 aromatic rings. The number of unbranched alkanes of at least 4 members (excludes halogenated alkanes) is 2. The van der Waals surface area contributed by atoms with Gasteiger partial charge >= 0.3 is 0 Å². The van der Waals surface area contributed by atoms with E-state index in [9.17, 15) is 0 Å². The summed E-state index contributed by atoms with van der Waals surface area (Å²) in [5.41, 5.74) is 0.294. The van der Waals surface area contributed by atoms with E-state index in [4.69, 9.17) is 4.74 Å². The van der Waals surface area contributed by atoms with Crippen molar-refractivity contribution in [2.75, 3.05) is 33.9 Å². The fourth-order valence-electron chi connectivity index (χ4n) is 3.55. The van der Waals surface area contributed by atoms with Gasteiger partial charge in [0.1, 0.15) is 0 Å². The number of methoxy groups -OCH3 is 1. The molecular weight excluding hydrogens is 318 g/mol. The van der Waals surface area contributed by atoms with E-state index in [0.717, 1.165) is 38.5 Å². The average molecular weight is 352 g/mol. The SMILES string of the molecule is CN=C(NCCCCCOC)NCC1(c2cccs2)CCCCC1. The molecule has 5 heteroatoms. The molecular formula is C19H33N3OS. The normalized spacial score (nSPS) is 17.7. The second kappa shape index (κ2) is 10.7. The van der Waals surface area contributed by atoms with E-state index in [1.54, 1.807) is 7.11 Å². The number of aliphatic imine (C=N–C) groups is 1. The molecule has 4 nitrogen and oxygen atoms in total. The third-order valence-electron chi connectivity index (χ3n) is 4.99. The van der Waals surface area contributed by atoms with E-state index in [1.807, 2.05) is 18.4 Å². The van der Waals surface area contributed by atoms with Gasteiger partial charge in [-0.3, -0.25) is 4.99 Å². The third kappa shape index (κ3) is 5.78. The molecule has 0 saturated heterocycles. The van der Waals surface area contributed by atoms with Gasteiger partial charge in [-0.15, -0.1) is 11.3 Å². The van der Waals surface area contributed by atoms with Crippen LogP contribution in [0.4, 0.5) is 0 Å². The van der Waals surface area contributed by atoms with Crippen LogP contribution in [0.2, 0.25) is 0 Å². The van der Waals surface area contributed by atoms with E-state index in [2.05, 4.69) is 33.1 Å². The summed E-state index contributed by atoms with van der Waals surface area (Å²) >= 11 is 1.90. The van der Waals surface area contributed by atoms with Crippen LogP contribution in [0.25, 0.3) is 0 Å². The van der Waals surface area contributed by atoms with Gasteiger partial charge in [-0.25, -0.2) is 0 Å². The van der Waals surface area contributed by atoms with E-state index in [1.165, 1.54) is 43.4 Å². The van der Waals surface area contributed by atoms with Crippen LogP contribution in [0.3, 0.4) is 0 Å². The zero-order valence-corrected chi connectivity index (χ0v) is 16.1. The maximum Gasteiger partial charge on any atom is 0.191 e. The van der Waals surface area contributed by atoms with Gasteiger partial charge in [0.05, 0.1) is 0 Å². The zero-order chi connectivity index (χ0) is 17.1. The summed E-state index contributed by atoms with van der Waals surface area (Å²) < 4.78 is 5.09. The zero-order valence-electron chi connectivity index (χ0n) is 15.3. The largest absolute Gasteiger partial charge is 0.385 e. The average Bonchev–Trinajstić information content (AvgIpc) is 3.17. The van der Waals surface area contributed by atoms with Crippen LogP contribution in [0.5, 0.6) is 0 Å². The monoisotopic (exact) mass is 351 g/mol. The van der Waals surface area contributed by atoms with Gasteiger partial charge < -0.3 is 15.4 Å². The van der Waals surface area contributed by atoms with Gasteiger partial charge in [0.15, 0.2) is 5.96 Å². The number of nitrogens with one attached hydrogen (secondary N) is 2. The summed E-state index contributed by atoms with van der Waals surface area (Å²) in [6, 6.07) is 4.49. The predicted molar refractivity (Wildman–Crippen MR) is 104 cm³/mol. The lowest BCUT2D eigenvalue weighted by Gasteiger charge is -2.37. The van der Waals surface area contributed by atoms with Crippen molar-refractivity contribution in [3.8, 4) is 0 Å². The summed E-state index contributed by atoms with van der Waals surface area (Å²) in [6.07, 6.45) is 10.1. The van der Waals surface area contributed by atoms with Crippen molar-refractivity contribution in [1.29, 1.82) is 0 Å². The molecule has 0 spiro atoms. The van der Waals surface area contributed by atoms with Crippen molar-refractivity contribution < 1.29 is 4.74 Å². The van der Waals surface area contributed by atoms with Crippen LogP contribution in [-0.4, -0.2) is 39.8 Å². The molecule has 1 fully saturated rings. The van der Waals surface area contributed by atoms with Crippen LogP contribution in [0.1, 0.15) is 56.2 Å². The first kappa shape index (κ1) is 19.3. The highest BCUT2D eigenvalue weighted by atomic mass is 32.1. The summed E-state index contributed by atoms with van der Waals surface area (Å²) in [5.74, 6) is 0.934. The van der Waals surface area contributed by atoms with E-state index in [-0.39, 0.29) is 0 Å². The Bertz CT molecular complexity index is 467. The first-order valence-corrected chi connectivity index (χ1v) is 10.2. The molecule has 1 heterocycles. The Balaban J connectivity index is 1.79. The maximum atomic E-state index is 5.09. The Labute approximate surface area is 151 Å². The van der Waals surface area contributed by atoms with Crippen molar-refractivity contribution in [1.82, 2.24) is 10.6 Å². The Kier molecular flexibility index (Phi) is 8.60. The van der Waals surface area contributed by atoms with Crippen molar-refractivity contribution in [2.24, 2.45) is 4.99 Å². The van der Waals surface area contributed by atoms with E-state index < -0.39 is 0 Å². The molecule has 136 valence electrons. The molecule has 0 atom stereocenters. The summed E-state index contributed by atoms with van der Waals surface area (Å²) in [6.45, 7) is 2.81. The minimum atomic E-state index is 0.294. The van der Waals surface area contributed by atoms with E-state index in [0.29, 0.717) is 5.41 Å². The minimum absolute atomic E-state index is 0.294. The van der Waals surface area contributed by atoms with Crippen molar-refractivity contribution in [3.63, 3.8) is 0 Å². The van der Waals surface area contributed by atoms with Gasteiger partial charge in [0.25, 0.3) is 0 Å². The first-order chi connectivity index (χ1) is 11.8. The molecule has 1 aliphatic rings. The van der Waals surface area contributed by atoms with Crippen LogP contribution in [0, 0.1) is 0 Å². The fraction of sp³-hybridized carbons (Fsp3) is 0.737. The molecule has 0 radical (unpaired) electrons. The highest BCUT2D eigenvalue weighted by molar-refractivity contribution is 7.10. The predicted octanol–water partition coefficient (Wildman–Crippen LogP) is 3.93. The first-order valence-electron chi connectivity index (χ1n) is 9.28. The van der Waals surface area contributed by atoms with Crippen LogP contribution >= 0.6 is 11.3 Å². The van der Waals surface area contributed by atoms with Crippen molar-refractivity contribution in [2.45, 2.75) is 56.8 Å². The van der Waals surface area contributed by atoms with Gasteiger partial charge in [-0.1, -0.05) is 25.3 Å². The molecule has 1 aromatic heterocycles. The van der Waals surface area contributed by atoms with Crippen molar-refractivity contribution >= 4 is 17.3 Å². The molecule has 0 bridgehead atoms. The van der Waals surface area contributed by atoms with Crippen molar-refractivity contribution in [3.05, 3.63) is 22.4 Å². The molecule has 0 aromatic carbocycles. The summed E-state index contributed by atoms with van der Waals surface area (Å²) in [5, 5.41) is 9.25. The smallest absolute Gasteiger partial charge is 0.191 e. The number of hydrogen-bond acceptors (Lipinski definition) is 3. The van der Waals surface area contributed by atoms with Gasteiger partial charge in [-0.2, -0.15) is 0 Å². The van der Waals surface area contributed by atoms with Gasteiger partial charge in [0, 0.05) is 44.1 Å². The van der Waals surface area contributed by atoms with Gasteiger partial charge in [-0.05, 0) is 43.6 Å². The van der Waals surface area contributed by atoms with Crippen LogP contribution in [-0.2, 0) is 10.2 Å². The highest BCUT2D eigenvalue weighted by Crippen LogP contribution is 2.41. The van der Waals surface area contributed by atoms with Gasteiger partial charge in [0.2, 0.25) is 0 Å². The lowest BCUT2D eigenvalue weighted by molar-refractivity contribution is 0.192. The molecule has 2 rings (SSSR count). The molecule has 2 N–H and O–H groups in total. The number of guanidine groups is 1. The second-order valence-electron chi connectivity index (χ2n) is 6.72. The molecule has 24 heavy (non-hydrogen) atoms. The standard InChI is InChI=1S/C19H33N3OS/c1-20-18(21-13-7-4-8-14-23-2)22-16-19(11-5-3-6-12-19)17-10-9-15-24-17/h9-10,15H,3-8,11-14,16H2,1-2H3,(H2,20,21,22). The molecule has 1 aliphatic carbocycles. The topological polar surface area (TPSA) is 45.7 Å². The third-order valence-corrected chi connectivity index (χ3v) is 6.11. The second-order valence-corrected chi connectivity index (χ2v) is 7.67. The summed E-state index contributed by atoms with van der Waals surface area (Å²) in [7, 11) is 3.62. The quantitative estimate of drug-likeness (QED) is 0.402. The Morgan fingerprint density at radius 3 is 2.71 bits per heavy atom. The molecule has 1 saturated carbocycles. The number of nitrogens with zero attached hydrogens (tertiary/aromatic N) is 1. The number of hydrogen-bond donors (Lipinski definition) is 2. The highest BCUT2D eigenvalue weighted by Gasteiger charge is 2.34. The number of thiophene rings is 1. The molecule has 0 aliphatic heterocycles. The fourth-order valence-corrected chi connectivity index (χ4v) is 4.53. The Morgan fingerprint density at radius 1 is 1.21 bits per heavy atom. The Hall–Kier alpha value is -1.07.